The van der Waals surface area contributed by atoms with Gasteiger partial charge in [-0.2, -0.15) is 5.26 Å². The second-order valence-electron chi connectivity index (χ2n) is 3.61. The first-order valence-electron chi connectivity index (χ1n) is 5.49. The SMILES string of the molecule is N#CCCNc1ncc(-c2ccccc2F)cn1. The molecule has 0 radical (unpaired) electrons. The molecular weight excluding hydrogens is 231 g/mol. The van der Waals surface area contributed by atoms with Crippen molar-refractivity contribution in [1.82, 2.24) is 9.97 Å². The molecule has 1 aromatic carbocycles. The van der Waals surface area contributed by atoms with Gasteiger partial charge in [-0.15, -0.1) is 0 Å². The van der Waals surface area contributed by atoms with E-state index in [0.717, 1.165) is 0 Å². The molecular formula is C13H11FN4. The highest BCUT2D eigenvalue weighted by Gasteiger charge is 2.04. The Morgan fingerprint density at radius 1 is 1.22 bits per heavy atom. The molecule has 0 aliphatic rings. The summed E-state index contributed by atoms with van der Waals surface area (Å²) in [5.74, 6) is 0.136. The van der Waals surface area contributed by atoms with Crippen molar-refractivity contribution in [2.45, 2.75) is 6.42 Å². The number of hydrogen-bond acceptors (Lipinski definition) is 4. The number of benzene rings is 1. The van der Waals surface area contributed by atoms with Crippen molar-refractivity contribution >= 4 is 5.95 Å². The average molecular weight is 242 g/mol. The minimum Gasteiger partial charge on any atom is -0.353 e. The van der Waals surface area contributed by atoms with Crippen LogP contribution in [0.1, 0.15) is 6.42 Å². The lowest BCUT2D eigenvalue weighted by atomic mass is 10.1. The summed E-state index contributed by atoms with van der Waals surface area (Å²) in [4.78, 5) is 8.14. The Morgan fingerprint density at radius 2 is 1.94 bits per heavy atom. The van der Waals surface area contributed by atoms with E-state index in [1.807, 2.05) is 6.07 Å². The van der Waals surface area contributed by atoms with Crippen molar-refractivity contribution in [2.24, 2.45) is 0 Å². The minimum atomic E-state index is -0.300. The lowest BCUT2D eigenvalue weighted by molar-refractivity contribution is 0.631. The maximum atomic E-state index is 13.5. The van der Waals surface area contributed by atoms with Gasteiger partial charge in [-0.05, 0) is 6.07 Å². The molecule has 18 heavy (non-hydrogen) atoms. The zero-order valence-electron chi connectivity index (χ0n) is 9.60. The maximum Gasteiger partial charge on any atom is 0.222 e. The monoisotopic (exact) mass is 242 g/mol. The second kappa shape index (κ2) is 5.73. The number of hydrogen-bond donors (Lipinski definition) is 1. The van der Waals surface area contributed by atoms with Gasteiger partial charge in [0.05, 0.1) is 12.5 Å². The van der Waals surface area contributed by atoms with Gasteiger partial charge in [-0.25, -0.2) is 14.4 Å². The zero-order chi connectivity index (χ0) is 12.8. The van der Waals surface area contributed by atoms with E-state index in [2.05, 4.69) is 15.3 Å². The number of nitriles is 1. The molecule has 0 fully saturated rings. The molecule has 0 aliphatic heterocycles. The third-order valence-electron chi connectivity index (χ3n) is 2.36. The van der Waals surface area contributed by atoms with Crippen molar-refractivity contribution in [2.75, 3.05) is 11.9 Å². The maximum absolute atomic E-state index is 13.5. The van der Waals surface area contributed by atoms with E-state index in [0.29, 0.717) is 30.0 Å². The van der Waals surface area contributed by atoms with Gasteiger partial charge in [0.2, 0.25) is 5.95 Å². The van der Waals surface area contributed by atoms with Crippen LogP contribution in [0.5, 0.6) is 0 Å². The molecule has 2 rings (SSSR count). The van der Waals surface area contributed by atoms with Crippen LogP contribution in [0, 0.1) is 17.1 Å². The van der Waals surface area contributed by atoms with E-state index in [4.69, 9.17) is 5.26 Å². The van der Waals surface area contributed by atoms with Crippen LogP contribution in [-0.2, 0) is 0 Å². The number of aromatic nitrogens is 2. The third-order valence-corrected chi connectivity index (χ3v) is 2.36. The molecule has 0 saturated carbocycles. The molecule has 1 heterocycles. The second-order valence-corrected chi connectivity index (χ2v) is 3.61. The highest BCUT2D eigenvalue weighted by Crippen LogP contribution is 2.21. The van der Waals surface area contributed by atoms with Gasteiger partial charge in [0.25, 0.3) is 0 Å². The molecule has 1 N–H and O–H groups in total. The fourth-order valence-electron chi connectivity index (χ4n) is 1.48. The quantitative estimate of drug-likeness (QED) is 0.837. The molecule has 2 aromatic rings. The van der Waals surface area contributed by atoms with Gasteiger partial charge >= 0.3 is 0 Å². The predicted molar refractivity (Wildman–Crippen MR) is 66.1 cm³/mol. The summed E-state index contributed by atoms with van der Waals surface area (Å²) >= 11 is 0. The van der Waals surface area contributed by atoms with Gasteiger partial charge < -0.3 is 5.32 Å². The Labute approximate surface area is 104 Å². The van der Waals surface area contributed by atoms with Crippen LogP contribution >= 0.6 is 0 Å². The van der Waals surface area contributed by atoms with Crippen LogP contribution < -0.4 is 5.32 Å². The van der Waals surface area contributed by atoms with Crippen LogP contribution in [0.25, 0.3) is 11.1 Å². The number of nitrogens with zero attached hydrogens (tertiary/aromatic N) is 3. The van der Waals surface area contributed by atoms with E-state index in [-0.39, 0.29) is 5.82 Å². The standard InChI is InChI=1S/C13H11FN4/c14-12-5-2-1-4-11(12)10-8-17-13(18-9-10)16-7-3-6-15/h1-2,4-5,8-9H,3,7H2,(H,16,17,18). The van der Waals surface area contributed by atoms with Gasteiger partial charge in [-0.3, -0.25) is 0 Å². The fourth-order valence-corrected chi connectivity index (χ4v) is 1.48. The Hall–Kier alpha value is -2.48. The lowest BCUT2D eigenvalue weighted by Crippen LogP contribution is -2.04. The number of halogens is 1. The van der Waals surface area contributed by atoms with Crippen LogP contribution in [0.3, 0.4) is 0 Å². The lowest BCUT2D eigenvalue weighted by Gasteiger charge is -2.04. The Kier molecular flexibility index (Phi) is 3.82. The van der Waals surface area contributed by atoms with E-state index in [9.17, 15) is 4.39 Å². The van der Waals surface area contributed by atoms with Gasteiger partial charge in [0.15, 0.2) is 0 Å². The van der Waals surface area contributed by atoms with Crippen molar-refractivity contribution in [3.63, 3.8) is 0 Å². The van der Waals surface area contributed by atoms with Gasteiger partial charge in [-0.1, -0.05) is 18.2 Å². The molecule has 0 atom stereocenters. The zero-order valence-corrected chi connectivity index (χ0v) is 9.60. The highest BCUT2D eigenvalue weighted by atomic mass is 19.1. The van der Waals surface area contributed by atoms with E-state index >= 15 is 0 Å². The van der Waals surface area contributed by atoms with Crippen LogP contribution in [0.4, 0.5) is 10.3 Å². The predicted octanol–water partition coefficient (Wildman–Crippen LogP) is 2.61. The van der Waals surface area contributed by atoms with E-state index in [1.54, 1.807) is 30.6 Å². The number of rotatable bonds is 4. The first kappa shape index (κ1) is 12.0. The Bertz CT molecular complexity index is 560. The minimum absolute atomic E-state index is 0.300. The molecule has 90 valence electrons. The van der Waals surface area contributed by atoms with Crippen LogP contribution in [0.2, 0.25) is 0 Å². The van der Waals surface area contributed by atoms with Crippen molar-refractivity contribution < 1.29 is 4.39 Å². The van der Waals surface area contributed by atoms with Gasteiger partial charge in [0.1, 0.15) is 5.82 Å². The number of anilines is 1. The van der Waals surface area contributed by atoms with Crippen LogP contribution in [-0.4, -0.2) is 16.5 Å². The average Bonchev–Trinajstić information content (AvgIpc) is 2.41. The summed E-state index contributed by atoms with van der Waals surface area (Å²) in [6.07, 6.45) is 3.50. The molecule has 0 unspecified atom stereocenters. The van der Waals surface area contributed by atoms with Crippen molar-refractivity contribution in [3.8, 4) is 17.2 Å². The summed E-state index contributed by atoms with van der Waals surface area (Å²) in [6, 6.07) is 8.49. The Morgan fingerprint density at radius 3 is 2.61 bits per heavy atom. The summed E-state index contributed by atoms with van der Waals surface area (Å²) in [7, 11) is 0. The molecule has 0 aliphatic carbocycles. The third kappa shape index (κ3) is 2.80. The summed E-state index contributed by atoms with van der Waals surface area (Å²) in [5.41, 5.74) is 1.10. The summed E-state index contributed by atoms with van der Waals surface area (Å²) in [6.45, 7) is 0.496. The molecule has 0 bridgehead atoms. The largest absolute Gasteiger partial charge is 0.353 e. The van der Waals surface area contributed by atoms with Gasteiger partial charge in [0, 0.05) is 30.1 Å². The molecule has 5 heteroatoms. The van der Waals surface area contributed by atoms with Crippen LogP contribution in [0.15, 0.2) is 36.7 Å². The smallest absolute Gasteiger partial charge is 0.222 e. The molecule has 0 amide bonds. The molecule has 0 spiro atoms. The highest BCUT2D eigenvalue weighted by molar-refractivity contribution is 5.62. The fraction of sp³-hybridized carbons (Fsp3) is 0.154. The van der Waals surface area contributed by atoms with E-state index in [1.165, 1.54) is 6.07 Å². The molecule has 4 nitrogen and oxygen atoms in total. The summed E-state index contributed by atoms with van der Waals surface area (Å²) < 4.78 is 13.5. The number of nitrogens with one attached hydrogen (secondary N) is 1. The summed E-state index contributed by atoms with van der Waals surface area (Å²) in [5, 5.41) is 11.3. The Balaban J connectivity index is 2.13. The topological polar surface area (TPSA) is 61.6 Å². The molecule has 1 aromatic heterocycles. The van der Waals surface area contributed by atoms with E-state index < -0.39 is 0 Å². The first-order chi connectivity index (χ1) is 8.81. The van der Waals surface area contributed by atoms with Crippen molar-refractivity contribution in [3.05, 3.63) is 42.5 Å². The normalized spacial score (nSPS) is 9.78. The molecule has 0 saturated heterocycles. The first-order valence-corrected chi connectivity index (χ1v) is 5.49. The van der Waals surface area contributed by atoms with Crippen molar-refractivity contribution in [1.29, 1.82) is 5.26 Å².